The molecular formula is C10H15ClN4O3. The van der Waals surface area contributed by atoms with Gasteiger partial charge in [0.25, 0.3) is 0 Å². The Bertz CT molecular complexity index is 416. The highest BCUT2D eigenvalue weighted by atomic mass is 35.5. The van der Waals surface area contributed by atoms with Crippen molar-refractivity contribution in [2.45, 2.75) is 19.8 Å². The van der Waals surface area contributed by atoms with Crippen molar-refractivity contribution >= 4 is 23.1 Å². The third-order valence-corrected chi connectivity index (χ3v) is 2.60. The predicted octanol–water partition coefficient (Wildman–Crippen LogP) is 1.86. The van der Waals surface area contributed by atoms with Crippen LogP contribution in [0, 0.1) is 16.0 Å². The molecule has 0 spiro atoms. The van der Waals surface area contributed by atoms with Gasteiger partial charge in [-0.05, 0) is 30.4 Å². The minimum atomic E-state index is -0.561. The zero-order chi connectivity index (χ0) is 13.5. The summed E-state index contributed by atoms with van der Waals surface area (Å²) in [6.45, 7) is 2.60. The fourth-order valence-electron chi connectivity index (χ4n) is 1.37. The molecule has 18 heavy (non-hydrogen) atoms. The molecule has 0 fully saturated rings. The van der Waals surface area contributed by atoms with Crippen LogP contribution >= 0.6 is 11.6 Å². The number of aliphatic hydroxyl groups excluding tert-OH is 1. The van der Waals surface area contributed by atoms with Crippen molar-refractivity contribution in [3.63, 3.8) is 0 Å². The van der Waals surface area contributed by atoms with E-state index in [9.17, 15) is 10.1 Å². The van der Waals surface area contributed by atoms with E-state index >= 15 is 0 Å². The Kier molecular flexibility index (Phi) is 5.73. The summed E-state index contributed by atoms with van der Waals surface area (Å²) in [5.41, 5.74) is -0.199. The lowest BCUT2D eigenvalue weighted by atomic mass is 10.1. The van der Waals surface area contributed by atoms with Crippen molar-refractivity contribution in [1.82, 2.24) is 9.97 Å². The summed E-state index contributed by atoms with van der Waals surface area (Å²) in [7, 11) is 0. The minimum Gasteiger partial charge on any atom is -0.396 e. The summed E-state index contributed by atoms with van der Waals surface area (Å²) in [4.78, 5) is 17.5. The zero-order valence-corrected chi connectivity index (χ0v) is 10.7. The van der Waals surface area contributed by atoms with Gasteiger partial charge in [-0.15, -0.1) is 0 Å². The van der Waals surface area contributed by atoms with Crippen LogP contribution in [0.25, 0.3) is 0 Å². The first-order valence-corrected chi connectivity index (χ1v) is 5.94. The van der Waals surface area contributed by atoms with Crippen molar-refractivity contribution in [2.75, 3.05) is 18.5 Å². The van der Waals surface area contributed by atoms with Gasteiger partial charge in [-0.2, -0.15) is 4.98 Å². The van der Waals surface area contributed by atoms with E-state index in [1.807, 2.05) is 6.92 Å². The number of halogens is 1. The maximum atomic E-state index is 10.7. The molecule has 0 radical (unpaired) electrons. The Hall–Kier alpha value is -1.47. The Morgan fingerprint density at radius 2 is 2.39 bits per heavy atom. The molecular weight excluding hydrogens is 260 g/mol. The van der Waals surface area contributed by atoms with Gasteiger partial charge in [-0.1, -0.05) is 6.92 Å². The molecule has 0 aromatic carbocycles. The average Bonchev–Trinajstić information content (AvgIpc) is 2.34. The second kappa shape index (κ2) is 7.07. The van der Waals surface area contributed by atoms with E-state index in [1.54, 1.807) is 0 Å². The second-order valence-corrected chi connectivity index (χ2v) is 4.32. The molecule has 0 saturated carbocycles. The van der Waals surface area contributed by atoms with Gasteiger partial charge in [0.1, 0.15) is 6.20 Å². The molecule has 1 heterocycles. The molecule has 1 unspecified atom stereocenters. The molecule has 0 aliphatic rings. The summed E-state index contributed by atoms with van der Waals surface area (Å²) >= 11 is 5.59. The van der Waals surface area contributed by atoms with Crippen LogP contribution in [0.3, 0.4) is 0 Å². The largest absolute Gasteiger partial charge is 0.396 e. The van der Waals surface area contributed by atoms with E-state index in [2.05, 4.69) is 15.3 Å². The number of hydrogen-bond donors (Lipinski definition) is 2. The smallest absolute Gasteiger partial charge is 0.329 e. The summed E-state index contributed by atoms with van der Waals surface area (Å²) in [5, 5.41) is 22.4. The van der Waals surface area contributed by atoms with Crippen LogP contribution in [0.15, 0.2) is 6.20 Å². The normalized spacial score (nSPS) is 12.2. The summed E-state index contributed by atoms with van der Waals surface area (Å²) < 4.78 is 0. The van der Waals surface area contributed by atoms with Crippen molar-refractivity contribution in [3.05, 3.63) is 21.6 Å². The lowest BCUT2D eigenvalue weighted by molar-refractivity contribution is -0.384. The maximum Gasteiger partial charge on any atom is 0.329 e. The van der Waals surface area contributed by atoms with Crippen LogP contribution in [0.5, 0.6) is 0 Å². The third-order valence-electron chi connectivity index (χ3n) is 2.41. The highest BCUT2D eigenvalue weighted by Crippen LogP contribution is 2.21. The van der Waals surface area contributed by atoms with E-state index in [0.717, 1.165) is 19.0 Å². The topological polar surface area (TPSA) is 101 Å². The zero-order valence-electron chi connectivity index (χ0n) is 9.97. The molecule has 1 atom stereocenters. The molecule has 0 amide bonds. The fraction of sp³-hybridized carbons (Fsp3) is 0.600. The number of hydrogen-bond acceptors (Lipinski definition) is 6. The lowest BCUT2D eigenvalue weighted by Crippen LogP contribution is -2.09. The number of nitrogens with one attached hydrogen (secondary N) is 1. The molecule has 0 aliphatic carbocycles. The third kappa shape index (κ3) is 4.42. The highest BCUT2D eigenvalue weighted by molar-refractivity contribution is 6.28. The molecule has 0 saturated heterocycles. The fourth-order valence-corrected chi connectivity index (χ4v) is 1.50. The monoisotopic (exact) mass is 274 g/mol. The molecule has 0 aliphatic heterocycles. The van der Waals surface area contributed by atoms with E-state index in [0.29, 0.717) is 6.54 Å². The van der Waals surface area contributed by atoms with Crippen LogP contribution in [0.2, 0.25) is 5.28 Å². The van der Waals surface area contributed by atoms with E-state index < -0.39 is 4.92 Å². The van der Waals surface area contributed by atoms with Gasteiger partial charge in [0.2, 0.25) is 11.1 Å². The average molecular weight is 275 g/mol. The number of aliphatic hydroxyl groups is 1. The Labute approximate surface area is 109 Å². The van der Waals surface area contributed by atoms with Gasteiger partial charge in [-0.25, -0.2) is 4.98 Å². The second-order valence-electron chi connectivity index (χ2n) is 3.99. The standard InChI is InChI=1S/C10H15ClN4O3/c1-7(6-16)3-2-4-12-9-8(15(17)18)5-13-10(11)14-9/h5,7,16H,2-4,6H2,1H3,(H,12,13,14). The first-order chi connectivity index (χ1) is 8.54. The molecule has 8 heteroatoms. The van der Waals surface area contributed by atoms with Crippen molar-refractivity contribution < 1.29 is 10.0 Å². The Morgan fingerprint density at radius 1 is 1.67 bits per heavy atom. The van der Waals surface area contributed by atoms with Gasteiger partial charge in [-0.3, -0.25) is 10.1 Å². The summed E-state index contributed by atoms with van der Waals surface area (Å²) in [6, 6.07) is 0. The maximum absolute atomic E-state index is 10.7. The van der Waals surface area contributed by atoms with Gasteiger partial charge in [0.15, 0.2) is 0 Å². The van der Waals surface area contributed by atoms with Crippen molar-refractivity contribution in [3.8, 4) is 0 Å². The summed E-state index contributed by atoms with van der Waals surface area (Å²) in [5.74, 6) is 0.340. The number of nitro groups is 1. The Balaban J connectivity index is 2.55. The predicted molar refractivity (Wildman–Crippen MR) is 67.7 cm³/mol. The van der Waals surface area contributed by atoms with Crippen molar-refractivity contribution in [1.29, 1.82) is 0 Å². The molecule has 2 N–H and O–H groups in total. The number of nitrogens with zero attached hydrogens (tertiary/aromatic N) is 3. The van der Waals surface area contributed by atoms with Crippen LogP contribution < -0.4 is 5.32 Å². The van der Waals surface area contributed by atoms with E-state index in [-0.39, 0.29) is 29.3 Å². The SMILES string of the molecule is CC(CO)CCCNc1nc(Cl)ncc1[N+](=O)[O-]. The number of aromatic nitrogens is 2. The van der Waals surface area contributed by atoms with Gasteiger partial charge in [0, 0.05) is 13.2 Å². The molecule has 1 aromatic heterocycles. The highest BCUT2D eigenvalue weighted by Gasteiger charge is 2.16. The quantitative estimate of drug-likeness (QED) is 0.341. The first-order valence-electron chi connectivity index (χ1n) is 5.56. The van der Waals surface area contributed by atoms with Crippen LogP contribution in [0.4, 0.5) is 11.5 Å². The summed E-state index contributed by atoms with van der Waals surface area (Å²) in [6.07, 6.45) is 2.69. The lowest BCUT2D eigenvalue weighted by Gasteiger charge is -2.08. The minimum absolute atomic E-state index is 0.0353. The first kappa shape index (κ1) is 14.6. The number of rotatable bonds is 7. The van der Waals surface area contributed by atoms with Gasteiger partial charge < -0.3 is 10.4 Å². The van der Waals surface area contributed by atoms with E-state index in [1.165, 1.54) is 0 Å². The molecule has 7 nitrogen and oxygen atoms in total. The van der Waals surface area contributed by atoms with Gasteiger partial charge in [0.05, 0.1) is 4.92 Å². The Morgan fingerprint density at radius 3 is 3.00 bits per heavy atom. The molecule has 1 rings (SSSR count). The van der Waals surface area contributed by atoms with Crippen LogP contribution in [-0.4, -0.2) is 33.1 Å². The van der Waals surface area contributed by atoms with Crippen LogP contribution in [-0.2, 0) is 0 Å². The molecule has 100 valence electrons. The van der Waals surface area contributed by atoms with Gasteiger partial charge >= 0.3 is 5.69 Å². The number of anilines is 1. The van der Waals surface area contributed by atoms with E-state index in [4.69, 9.17) is 16.7 Å². The van der Waals surface area contributed by atoms with Crippen LogP contribution in [0.1, 0.15) is 19.8 Å². The molecule has 0 bridgehead atoms. The molecule has 1 aromatic rings. The van der Waals surface area contributed by atoms with Crippen molar-refractivity contribution in [2.24, 2.45) is 5.92 Å².